The van der Waals surface area contributed by atoms with Crippen LogP contribution in [0.5, 0.6) is 5.75 Å². The van der Waals surface area contributed by atoms with Gasteiger partial charge in [-0.3, -0.25) is 4.79 Å². The molecule has 1 N–H and O–H groups in total. The molecule has 0 heterocycles. The number of carboxylic acids is 1. The normalized spacial score (nSPS) is 11.7. The van der Waals surface area contributed by atoms with Gasteiger partial charge in [-0.2, -0.15) is 13.2 Å². The van der Waals surface area contributed by atoms with Gasteiger partial charge in [0.2, 0.25) is 0 Å². The highest BCUT2D eigenvalue weighted by molar-refractivity contribution is 5.66. The van der Waals surface area contributed by atoms with Crippen molar-refractivity contribution in [2.45, 2.75) is 19.1 Å². The van der Waals surface area contributed by atoms with Gasteiger partial charge in [0.1, 0.15) is 5.75 Å². The second-order valence-electron chi connectivity index (χ2n) is 4.43. The minimum atomic E-state index is -4.37. The Labute approximate surface area is 114 Å². The zero-order chi connectivity index (χ0) is 15.2. The maximum Gasteiger partial charge on any atom is 0.422 e. The number of nitrogens with zero attached hydrogens (tertiary/aromatic N) is 1. The van der Waals surface area contributed by atoms with Crippen LogP contribution >= 0.6 is 0 Å². The molecule has 0 aliphatic rings. The monoisotopic (exact) mass is 291 g/mol. The molecule has 1 aromatic carbocycles. The Morgan fingerprint density at radius 3 is 2.70 bits per heavy atom. The van der Waals surface area contributed by atoms with Gasteiger partial charge < -0.3 is 14.7 Å². The van der Waals surface area contributed by atoms with Crippen molar-refractivity contribution in [2.75, 3.05) is 20.2 Å². The van der Waals surface area contributed by atoms with Gasteiger partial charge >= 0.3 is 12.1 Å². The average Bonchev–Trinajstić information content (AvgIpc) is 2.34. The summed E-state index contributed by atoms with van der Waals surface area (Å²) in [6, 6.07) is 6.32. The molecule has 0 radical (unpaired) electrons. The minimum Gasteiger partial charge on any atom is -0.484 e. The van der Waals surface area contributed by atoms with Crippen LogP contribution in [-0.2, 0) is 11.3 Å². The number of carbonyl (C=O) groups is 1. The van der Waals surface area contributed by atoms with Crippen LogP contribution < -0.4 is 4.74 Å². The standard InChI is InChI=1S/C13H16F3NO3/c1-17(6-5-12(18)19)8-10-3-2-4-11(7-10)20-9-13(14,15)16/h2-4,7H,5-6,8-9H2,1H3,(H,18,19). The van der Waals surface area contributed by atoms with E-state index >= 15 is 0 Å². The third-order valence-electron chi connectivity index (χ3n) is 2.46. The van der Waals surface area contributed by atoms with Gasteiger partial charge in [0.15, 0.2) is 6.61 Å². The molecule has 0 saturated heterocycles. The topological polar surface area (TPSA) is 49.8 Å². The number of alkyl halides is 3. The summed E-state index contributed by atoms with van der Waals surface area (Å²) in [4.78, 5) is 12.2. The molecule has 1 rings (SSSR count). The van der Waals surface area contributed by atoms with Crippen molar-refractivity contribution < 1.29 is 27.8 Å². The highest BCUT2D eigenvalue weighted by Gasteiger charge is 2.28. The first-order valence-electron chi connectivity index (χ1n) is 5.95. The maximum atomic E-state index is 12.0. The Hall–Kier alpha value is -1.76. The SMILES string of the molecule is CN(CCC(=O)O)Cc1cccc(OCC(F)(F)F)c1. The molecule has 0 aliphatic heterocycles. The van der Waals surface area contributed by atoms with Gasteiger partial charge in [0, 0.05) is 13.1 Å². The Morgan fingerprint density at radius 1 is 1.40 bits per heavy atom. The molecule has 0 saturated carbocycles. The van der Waals surface area contributed by atoms with E-state index < -0.39 is 18.8 Å². The summed E-state index contributed by atoms with van der Waals surface area (Å²) >= 11 is 0. The second kappa shape index (κ2) is 7.14. The lowest BCUT2D eigenvalue weighted by Gasteiger charge is -2.16. The number of aliphatic carboxylic acids is 1. The van der Waals surface area contributed by atoms with Crippen LogP contribution in [0, 0.1) is 0 Å². The van der Waals surface area contributed by atoms with Crippen molar-refractivity contribution in [2.24, 2.45) is 0 Å². The van der Waals surface area contributed by atoms with Gasteiger partial charge in [0.25, 0.3) is 0 Å². The van der Waals surface area contributed by atoms with Crippen LogP contribution in [0.15, 0.2) is 24.3 Å². The molecule has 0 bridgehead atoms. The van der Waals surface area contributed by atoms with E-state index in [1.807, 2.05) is 0 Å². The largest absolute Gasteiger partial charge is 0.484 e. The number of rotatable bonds is 7. The van der Waals surface area contributed by atoms with Crippen molar-refractivity contribution in [3.63, 3.8) is 0 Å². The number of benzene rings is 1. The van der Waals surface area contributed by atoms with Crippen LogP contribution in [0.3, 0.4) is 0 Å². The minimum absolute atomic E-state index is 0.0146. The van der Waals surface area contributed by atoms with Crippen molar-refractivity contribution in [3.8, 4) is 5.75 Å². The first-order valence-corrected chi connectivity index (χ1v) is 5.95. The van der Waals surface area contributed by atoms with E-state index in [0.29, 0.717) is 13.1 Å². The zero-order valence-electron chi connectivity index (χ0n) is 11.0. The molecule has 20 heavy (non-hydrogen) atoms. The highest BCUT2D eigenvalue weighted by atomic mass is 19.4. The number of hydrogen-bond acceptors (Lipinski definition) is 3. The van der Waals surface area contributed by atoms with Crippen LogP contribution in [0.25, 0.3) is 0 Å². The van der Waals surface area contributed by atoms with Crippen molar-refractivity contribution in [1.29, 1.82) is 0 Å². The number of carboxylic acid groups (broad SMARTS) is 1. The first kappa shape index (κ1) is 16.3. The predicted molar refractivity (Wildman–Crippen MR) is 66.6 cm³/mol. The smallest absolute Gasteiger partial charge is 0.422 e. The molecule has 1 aromatic rings. The Balaban J connectivity index is 2.52. The summed E-state index contributed by atoms with van der Waals surface area (Å²) in [7, 11) is 1.74. The van der Waals surface area contributed by atoms with Gasteiger partial charge in [-0.05, 0) is 24.7 Å². The van der Waals surface area contributed by atoms with Crippen molar-refractivity contribution >= 4 is 5.97 Å². The highest BCUT2D eigenvalue weighted by Crippen LogP contribution is 2.19. The van der Waals surface area contributed by atoms with Crippen LogP contribution in [0.4, 0.5) is 13.2 Å². The van der Waals surface area contributed by atoms with Crippen LogP contribution in [0.2, 0.25) is 0 Å². The summed E-state index contributed by atoms with van der Waals surface area (Å²) in [6.45, 7) is -0.523. The summed E-state index contributed by atoms with van der Waals surface area (Å²) in [5, 5.41) is 8.57. The van der Waals surface area contributed by atoms with E-state index in [0.717, 1.165) is 5.56 Å². The molecule has 0 amide bonds. The molecule has 0 aromatic heterocycles. The lowest BCUT2D eigenvalue weighted by atomic mass is 10.2. The van der Waals surface area contributed by atoms with Crippen LogP contribution in [-0.4, -0.2) is 42.4 Å². The maximum absolute atomic E-state index is 12.0. The summed E-state index contributed by atoms with van der Waals surface area (Å²) in [5.74, 6) is -0.745. The summed E-state index contributed by atoms with van der Waals surface area (Å²) in [6.07, 6.45) is -4.35. The fourth-order valence-corrected chi connectivity index (χ4v) is 1.58. The number of ether oxygens (including phenoxy) is 1. The summed E-state index contributed by atoms with van der Waals surface area (Å²) in [5.41, 5.74) is 0.762. The predicted octanol–water partition coefficient (Wildman–Crippen LogP) is 2.53. The first-order chi connectivity index (χ1) is 9.26. The van der Waals surface area contributed by atoms with E-state index in [-0.39, 0.29) is 12.2 Å². The molecule has 0 atom stereocenters. The lowest BCUT2D eigenvalue weighted by Crippen LogP contribution is -2.21. The second-order valence-corrected chi connectivity index (χ2v) is 4.43. The Morgan fingerprint density at radius 2 is 2.10 bits per heavy atom. The average molecular weight is 291 g/mol. The third-order valence-corrected chi connectivity index (χ3v) is 2.46. The Kier molecular flexibility index (Phi) is 5.82. The fraction of sp³-hybridized carbons (Fsp3) is 0.462. The molecule has 0 spiro atoms. The van der Waals surface area contributed by atoms with E-state index in [1.54, 1.807) is 24.1 Å². The van der Waals surface area contributed by atoms with Gasteiger partial charge in [-0.15, -0.1) is 0 Å². The van der Waals surface area contributed by atoms with E-state index in [2.05, 4.69) is 4.74 Å². The summed E-state index contributed by atoms with van der Waals surface area (Å²) < 4.78 is 40.8. The molecule has 0 aliphatic carbocycles. The van der Waals surface area contributed by atoms with E-state index in [1.165, 1.54) is 12.1 Å². The molecule has 4 nitrogen and oxygen atoms in total. The molecular weight excluding hydrogens is 275 g/mol. The van der Waals surface area contributed by atoms with E-state index in [9.17, 15) is 18.0 Å². The van der Waals surface area contributed by atoms with E-state index in [4.69, 9.17) is 5.11 Å². The molecule has 0 fully saturated rings. The molecule has 0 unspecified atom stereocenters. The quantitative estimate of drug-likeness (QED) is 0.838. The number of hydrogen-bond donors (Lipinski definition) is 1. The third kappa shape index (κ3) is 6.98. The Bertz CT molecular complexity index is 449. The van der Waals surface area contributed by atoms with Crippen LogP contribution in [0.1, 0.15) is 12.0 Å². The van der Waals surface area contributed by atoms with Gasteiger partial charge in [0.05, 0.1) is 6.42 Å². The fourth-order valence-electron chi connectivity index (χ4n) is 1.58. The lowest BCUT2D eigenvalue weighted by molar-refractivity contribution is -0.153. The van der Waals surface area contributed by atoms with Crippen molar-refractivity contribution in [3.05, 3.63) is 29.8 Å². The molecule has 7 heteroatoms. The van der Waals surface area contributed by atoms with Gasteiger partial charge in [-0.1, -0.05) is 12.1 Å². The zero-order valence-corrected chi connectivity index (χ0v) is 11.0. The molecule has 112 valence electrons. The molecular formula is C13H16F3NO3. The number of halogens is 3. The van der Waals surface area contributed by atoms with Crippen molar-refractivity contribution in [1.82, 2.24) is 4.90 Å². The van der Waals surface area contributed by atoms with Gasteiger partial charge in [-0.25, -0.2) is 0 Å².